The van der Waals surface area contributed by atoms with Crippen molar-refractivity contribution in [1.82, 2.24) is 24.8 Å². The number of hydrogen-bond acceptors (Lipinski definition) is 6. The zero-order valence-corrected chi connectivity index (χ0v) is 19.3. The molecule has 4 aliphatic rings. The van der Waals surface area contributed by atoms with Gasteiger partial charge < -0.3 is 15.1 Å². The highest BCUT2D eigenvalue weighted by atomic mass is 19.4. The standard InChI is InChI=1S/C24H28F3N7/c1-14(2)33-20-4-3-16(24(25,26)27)11-19(20)31-22(33)15-12-32(13-15)23-17-5-8-28-9-6-18(17)30-21-7-10-29-34(21)23/h3-4,7,10-11,14-15,19-20,28H,5-6,8-9,12-13H2,1-2H3. The van der Waals surface area contributed by atoms with Crippen LogP contribution in [0.2, 0.25) is 0 Å². The lowest BCUT2D eigenvalue weighted by atomic mass is 9.94. The summed E-state index contributed by atoms with van der Waals surface area (Å²) in [5.74, 6) is 2.18. The van der Waals surface area contributed by atoms with Gasteiger partial charge in [0.1, 0.15) is 11.7 Å². The fourth-order valence-corrected chi connectivity index (χ4v) is 5.67. The van der Waals surface area contributed by atoms with Crippen LogP contribution in [0.3, 0.4) is 0 Å². The van der Waals surface area contributed by atoms with Gasteiger partial charge in [0.25, 0.3) is 0 Å². The summed E-state index contributed by atoms with van der Waals surface area (Å²) in [6.07, 6.45) is 3.38. The Balaban J connectivity index is 1.30. The van der Waals surface area contributed by atoms with Crippen molar-refractivity contribution in [3.63, 3.8) is 0 Å². The summed E-state index contributed by atoms with van der Waals surface area (Å²) in [5.41, 5.74) is 2.61. The van der Waals surface area contributed by atoms with Crippen molar-refractivity contribution in [3.05, 3.63) is 47.3 Å². The highest BCUT2D eigenvalue weighted by Gasteiger charge is 2.46. The predicted molar refractivity (Wildman–Crippen MR) is 124 cm³/mol. The number of amidine groups is 1. The molecule has 1 aliphatic carbocycles. The van der Waals surface area contributed by atoms with E-state index in [1.165, 1.54) is 17.7 Å². The van der Waals surface area contributed by atoms with Gasteiger partial charge in [0.15, 0.2) is 5.65 Å². The van der Waals surface area contributed by atoms with E-state index in [2.05, 4.69) is 34.1 Å². The number of rotatable bonds is 3. The molecule has 0 aromatic carbocycles. The van der Waals surface area contributed by atoms with E-state index >= 15 is 0 Å². The van der Waals surface area contributed by atoms with Gasteiger partial charge in [0.05, 0.1) is 35.5 Å². The second-order valence-corrected chi connectivity index (χ2v) is 9.76. The van der Waals surface area contributed by atoms with Crippen LogP contribution in [-0.2, 0) is 12.8 Å². The SMILES string of the molecule is CC(C)N1C(C2CN(c3c4c(nc5ccnn35)CCNCC4)C2)=NC2C=C(C(F)(F)F)C=CC21. The Hall–Kier alpha value is -2.88. The molecule has 2 aromatic heterocycles. The van der Waals surface area contributed by atoms with Gasteiger partial charge in [-0.1, -0.05) is 12.2 Å². The van der Waals surface area contributed by atoms with Crippen LogP contribution in [0.5, 0.6) is 0 Å². The minimum Gasteiger partial charge on any atom is -0.355 e. The molecule has 2 aromatic rings. The summed E-state index contributed by atoms with van der Waals surface area (Å²) in [6.45, 7) is 7.50. The van der Waals surface area contributed by atoms with E-state index < -0.39 is 17.8 Å². The van der Waals surface area contributed by atoms with Crippen molar-refractivity contribution in [2.45, 2.75) is 51.0 Å². The zero-order valence-electron chi connectivity index (χ0n) is 19.3. The van der Waals surface area contributed by atoms with Crippen LogP contribution in [0.25, 0.3) is 5.65 Å². The first-order chi connectivity index (χ1) is 16.3. The van der Waals surface area contributed by atoms with E-state index in [0.29, 0.717) is 0 Å². The maximum Gasteiger partial charge on any atom is 0.416 e. The van der Waals surface area contributed by atoms with Gasteiger partial charge in [-0.25, -0.2) is 4.98 Å². The van der Waals surface area contributed by atoms with Crippen LogP contribution in [-0.4, -0.2) is 75.8 Å². The number of halogens is 3. The fourth-order valence-electron chi connectivity index (χ4n) is 5.67. The lowest BCUT2D eigenvalue weighted by molar-refractivity contribution is -0.0888. The number of nitrogens with zero attached hydrogens (tertiary/aromatic N) is 6. The molecule has 7 nitrogen and oxygen atoms in total. The number of aromatic nitrogens is 3. The Morgan fingerprint density at radius 2 is 1.94 bits per heavy atom. The predicted octanol–water partition coefficient (Wildman–Crippen LogP) is 2.77. The quantitative estimate of drug-likeness (QED) is 0.746. The third-order valence-electron chi connectivity index (χ3n) is 7.25. The first-order valence-corrected chi connectivity index (χ1v) is 12.0. The lowest BCUT2D eigenvalue weighted by Gasteiger charge is -2.45. The average molecular weight is 472 g/mol. The van der Waals surface area contributed by atoms with E-state index in [9.17, 15) is 13.2 Å². The summed E-state index contributed by atoms with van der Waals surface area (Å²) in [6, 6.07) is 1.43. The van der Waals surface area contributed by atoms with E-state index in [1.807, 2.05) is 10.6 Å². The van der Waals surface area contributed by atoms with Crippen LogP contribution < -0.4 is 10.2 Å². The minimum absolute atomic E-state index is 0.148. The first kappa shape index (κ1) is 21.6. The monoisotopic (exact) mass is 471 g/mol. The molecular weight excluding hydrogens is 443 g/mol. The summed E-state index contributed by atoms with van der Waals surface area (Å²) in [4.78, 5) is 14.2. The fraction of sp³-hybridized carbons (Fsp3) is 0.542. The molecule has 0 bridgehead atoms. The van der Waals surface area contributed by atoms with Gasteiger partial charge >= 0.3 is 6.18 Å². The van der Waals surface area contributed by atoms with Gasteiger partial charge in [-0.3, -0.25) is 4.99 Å². The molecule has 180 valence electrons. The minimum atomic E-state index is -4.35. The number of hydrogen-bond donors (Lipinski definition) is 1. The van der Waals surface area contributed by atoms with Crippen molar-refractivity contribution in [3.8, 4) is 0 Å². The Bertz CT molecular complexity index is 1200. The van der Waals surface area contributed by atoms with Gasteiger partial charge in [-0.05, 0) is 32.9 Å². The second kappa shape index (κ2) is 7.83. The van der Waals surface area contributed by atoms with Gasteiger partial charge in [0.2, 0.25) is 0 Å². The molecule has 0 spiro atoms. The molecular formula is C24H28F3N7. The van der Waals surface area contributed by atoms with Gasteiger partial charge in [-0.15, -0.1) is 0 Å². The topological polar surface area (TPSA) is 61.1 Å². The van der Waals surface area contributed by atoms with Crippen molar-refractivity contribution in [2.24, 2.45) is 10.9 Å². The van der Waals surface area contributed by atoms with Crippen LogP contribution in [0.15, 0.2) is 41.1 Å². The first-order valence-electron chi connectivity index (χ1n) is 12.0. The number of fused-ring (bicyclic) bond motifs is 3. The van der Waals surface area contributed by atoms with Crippen molar-refractivity contribution >= 4 is 17.3 Å². The van der Waals surface area contributed by atoms with E-state index in [4.69, 9.17) is 9.98 Å². The molecule has 1 saturated heterocycles. The molecule has 0 amide bonds. The number of allylic oxidation sites excluding steroid dienone is 2. The van der Waals surface area contributed by atoms with Gasteiger partial charge in [0, 0.05) is 43.7 Å². The van der Waals surface area contributed by atoms with E-state index in [1.54, 1.807) is 12.3 Å². The number of aliphatic imine (C=N–C) groups is 1. The van der Waals surface area contributed by atoms with Crippen LogP contribution >= 0.6 is 0 Å². The summed E-state index contributed by atoms with van der Waals surface area (Å²) in [5, 5.41) is 8.00. The lowest BCUT2D eigenvalue weighted by Crippen LogP contribution is -2.57. The number of alkyl halides is 3. The molecule has 1 fully saturated rings. The average Bonchev–Trinajstić information content (AvgIpc) is 3.29. The van der Waals surface area contributed by atoms with Crippen molar-refractivity contribution in [1.29, 1.82) is 0 Å². The number of anilines is 1. The highest BCUT2D eigenvalue weighted by molar-refractivity contribution is 5.90. The van der Waals surface area contributed by atoms with Gasteiger partial charge in [-0.2, -0.15) is 22.8 Å². The smallest absolute Gasteiger partial charge is 0.355 e. The molecule has 1 N–H and O–H groups in total. The third-order valence-corrected chi connectivity index (χ3v) is 7.25. The maximum absolute atomic E-state index is 13.3. The molecule has 5 heterocycles. The number of nitrogens with one attached hydrogen (secondary N) is 1. The Kier molecular flexibility index (Phi) is 4.98. The van der Waals surface area contributed by atoms with E-state index in [0.717, 1.165) is 62.0 Å². The Morgan fingerprint density at radius 3 is 2.71 bits per heavy atom. The highest BCUT2D eigenvalue weighted by Crippen LogP contribution is 2.38. The van der Waals surface area contributed by atoms with Crippen molar-refractivity contribution in [2.75, 3.05) is 31.1 Å². The normalized spacial score (nSPS) is 25.2. The molecule has 0 radical (unpaired) electrons. The molecule has 34 heavy (non-hydrogen) atoms. The third kappa shape index (κ3) is 3.41. The zero-order chi connectivity index (χ0) is 23.6. The second-order valence-electron chi connectivity index (χ2n) is 9.76. The maximum atomic E-state index is 13.3. The molecule has 2 unspecified atom stereocenters. The van der Waals surface area contributed by atoms with Crippen LogP contribution in [0.4, 0.5) is 19.0 Å². The Morgan fingerprint density at radius 1 is 1.15 bits per heavy atom. The van der Waals surface area contributed by atoms with Crippen LogP contribution in [0, 0.1) is 5.92 Å². The molecule has 0 saturated carbocycles. The summed E-state index contributed by atoms with van der Waals surface area (Å²) in [7, 11) is 0. The van der Waals surface area contributed by atoms with Crippen molar-refractivity contribution < 1.29 is 13.2 Å². The summed E-state index contributed by atoms with van der Waals surface area (Å²) < 4.78 is 41.8. The van der Waals surface area contributed by atoms with E-state index in [-0.39, 0.29) is 18.0 Å². The van der Waals surface area contributed by atoms with Crippen LogP contribution in [0.1, 0.15) is 25.1 Å². The molecule has 3 aliphatic heterocycles. The molecule has 2 atom stereocenters. The Labute approximate surface area is 196 Å². The largest absolute Gasteiger partial charge is 0.416 e. The summed E-state index contributed by atoms with van der Waals surface area (Å²) >= 11 is 0. The molecule has 6 rings (SSSR count). The molecule has 10 heteroatoms.